The van der Waals surface area contributed by atoms with E-state index in [1.165, 1.54) is 0 Å². The van der Waals surface area contributed by atoms with Crippen LogP contribution in [0.2, 0.25) is 0 Å². The molecule has 2 aliphatic rings. The first kappa shape index (κ1) is 17.1. The van der Waals surface area contributed by atoms with Crippen LogP contribution >= 0.6 is 7.82 Å². The maximum absolute atomic E-state index is 10.9. The summed E-state index contributed by atoms with van der Waals surface area (Å²) in [6.45, 7) is 9.19. The van der Waals surface area contributed by atoms with Crippen LogP contribution in [0.3, 0.4) is 0 Å². The Morgan fingerprint density at radius 2 is 2.00 bits per heavy atom. The largest absolute Gasteiger partial charge is 0.469 e. The van der Waals surface area contributed by atoms with E-state index in [0.29, 0.717) is 0 Å². The second kappa shape index (κ2) is 6.08. The third-order valence-corrected chi connectivity index (χ3v) is 4.27. The molecular weight excluding hydrogens is 299 g/mol. The van der Waals surface area contributed by atoms with E-state index in [-0.39, 0.29) is 24.7 Å². The molecule has 21 heavy (non-hydrogen) atoms. The molecule has 2 rings (SSSR count). The Hall–Kier alpha value is -0.270. The highest BCUT2D eigenvalue weighted by molar-refractivity contribution is 7.46. The smallest absolute Gasteiger partial charge is 0.366 e. The lowest BCUT2D eigenvalue weighted by Gasteiger charge is -2.27. The first-order valence-electron chi connectivity index (χ1n) is 7.00. The number of rotatable bonds is 6. The predicted molar refractivity (Wildman–Crippen MR) is 74.5 cm³/mol. The third-order valence-electron chi connectivity index (χ3n) is 3.79. The van der Waals surface area contributed by atoms with Crippen molar-refractivity contribution < 1.29 is 33.1 Å². The summed E-state index contributed by atoms with van der Waals surface area (Å²) in [4.78, 5) is 17.7. The molecule has 3 unspecified atom stereocenters. The van der Waals surface area contributed by atoms with Gasteiger partial charge in [0.25, 0.3) is 0 Å². The van der Waals surface area contributed by atoms with Gasteiger partial charge in [-0.1, -0.05) is 13.0 Å². The first-order chi connectivity index (χ1) is 9.67. The molecule has 2 fully saturated rings. The summed E-state index contributed by atoms with van der Waals surface area (Å²) >= 11 is 0. The van der Waals surface area contributed by atoms with E-state index in [0.717, 1.165) is 6.42 Å². The van der Waals surface area contributed by atoms with Gasteiger partial charge in [0.05, 0.1) is 12.7 Å². The van der Waals surface area contributed by atoms with Gasteiger partial charge in [-0.3, -0.25) is 4.52 Å². The summed E-state index contributed by atoms with van der Waals surface area (Å²) in [5.41, 5.74) is 0. The summed E-state index contributed by atoms with van der Waals surface area (Å²) in [5, 5.41) is 0. The molecule has 0 amide bonds. The molecule has 8 heteroatoms. The van der Waals surface area contributed by atoms with E-state index >= 15 is 0 Å². The maximum Gasteiger partial charge on any atom is 0.469 e. The average molecular weight is 322 g/mol. The Bertz CT molecular complexity index is 432. The van der Waals surface area contributed by atoms with E-state index < -0.39 is 25.8 Å². The molecular formula is C13H23O7P. The van der Waals surface area contributed by atoms with E-state index in [1.54, 1.807) is 13.8 Å². The van der Waals surface area contributed by atoms with Crippen molar-refractivity contribution >= 4 is 7.82 Å². The lowest BCUT2D eigenvalue weighted by atomic mass is 9.94. The Labute approximate surface area is 124 Å². The minimum absolute atomic E-state index is 0.0788. The van der Waals surface area contributed by atoms with E-state index in [4.69, 9.17) is 24.0 Å². The Kier molecular flexibility index (Phi) is 4.95. The SMILES string of the molecule is C=CC(CC)[C@H]1O[C@@H](COP(=O)(O)O)C2OC(C)(C)OC21. The minimum Gasteiger partial charge on any atom is -0.366 e. The fourth-order valence-electron chi connectivity index (χ4n) is 2.90. The van der Waals surface area contributed by atoms with Gasteiger partial charge >= 0.3 is 7.82 Å². The topological polar surface area (TPSA) is 94.5 Å². The Morgan fingerprint density at radius 1 is 1.38 bits per heavy atom. The van der Waals surface area contributed by atoms with Crippen molar-refractivity contribution in [3.05, 3.63) is 12.7 Å². The number of hydrogen-bond acceptors (Lipinski definition) is 5. The Morgan fingerprint density at radius 3 is 2.52 bits per heavy atom. The molecule has 0 aromatic rings. The van der Waals surface area contributed by atoms with Crippen molar-refractivity contribution in [2.24, 2.45) is 5.92 Å². The van der Waals surface area contributed by atoms with Gasteiger partial charge in [-0.25, -0.2) is 4.57 Å². The third kappa shape index (κ3) is 3.93. The molecule has 2 heterocycles. The lowest BCUT2D eigenvalue weighted by molar-refractivity contribution is -0.193. The van der Waals surface area contributed by atoms with E-state index in [9.17, 15) is 4.57 Å². The monoisotopic (exact) mass is 322 g/mol. The summed E-state index contributed by atoms with van der Waals surface area (Å²) < 4.78 is 33.0. The molecule has 5 atom stereocenters. The van der Waals surface area contributed by atoms with E-state index in [1.807, 2.05) is 13.0 Å². The highest BCUT2D eigenvalue weighted by Crippen LogP contribution is 2.44. The number of fused-ring (bicyclic) bond motifs is 1. The molecule has 2 saturated heterocycles. The Balaban J connectivity index is 2.13. The zero-order chi connectivity index (χ0) is 15.8. The average Bonchev–Trinajstić information content (AvgIpc) is 2.82. The molecule has 0 saturated carbocycles. The fourth-order valence-corrected chi connectivity index (χ4v) is 3.24. The van der Waals surface area contributed by atoms with Crippen LogP contribution in [-0.4, -0.2) is 46.6 Å². The maximum atomic E-state index is 10.9. The van der Waals surface area contributed by atoms with Gasteiger partial charge in [0, 0.05) is 5.92 Å². The van der Waals surface area contributed by atoms with Gasteiger partial charge in [0.2, 0.25) is 0 Å². The van der Waals surface area contributed by atoms with Crippen LogP contribution in [0.5, 0.6) is 0 Å². The van der Waals surface area contributed by atoms with Gasteiger partial charge in [0.15, 0.2) is 5.79 Å². The second-order valence-corrected chi connectivity index (χ2v) is 7.04. The summed E-state index contributed by atoms with van der Waals surface area (Å²) in [7, 11) is -4.54. The number of phosphoric acid groups is 1. The highest BCUT2D eigenvalue weighted by atomic mass is 31.2. The van der Waals surface area contributed by atoms with Crippen LogP contribution in [0.4, 0.5) is 0 Å². The standard InChI is InChI=1S/C13H23O7P/c1-5-8(6-2)10-12-11(19-13(3,4)20-12)9(18-10)7-17-21(14,15)16/h5,8-12H,1,6-7H2,2-4H3,(H2,14,15,16)/t8?,9-,10+,11?,12?/m0/s1. The first-order valence-corrected chi connectivity index (χ1v) is 8.53. The summed E-state index contributed by atoms with van der Waals surface area (Å²) in [6, 6.07) is 0. The van der Waals surface area contributed by atoms with Gasteiger partial charge in [-0.2, -0.15) is 0 Å². The van der Waals surface area contributed by atoms with Gasteiger partial charge in [-0.05, 0) is 20.3 Å². The molecule has 0 spiro atoms. The van der Waals surface area contributed by atoms with Gasteiger partial charge < -0.3 is 24.0 Å². The van der Waals surface area contributed by atoms with Crippen LogP contribution < -0.4 is 0 Å². The quantitative estimate of drug-likeness (QED) is 0.566. The number of hydrogen-bond donors (Lipinski definition) is 2. The minimum atomic E-state index is -4.54. The molecule has 0 aromatic heterocycles. The van der Waals surface area contributed by atoms with Gasteiger partial charge in [-0.15, -0.1) is 6.58 Å². The predicted octanol–water partition coefficient (Wildman–Crippen LogP) is 1.60. The molecule has 2 aliphatic heterocycles. The molecule has 2 N–H and O–H groups in total. The lowest BCUT2D eigenvalue weighted by Crippen LogP contribution is -2.34. The summed E-state index contributed by atoms with van der Waals surface area (Å²) in [5.74, 6) is -0.674. The summed E-state index contributed by atoms with van der Waals surface area (Å²) in [6.07, 6.45) is 1.09. The van der Waals surface area contributed by atoms with Crippen molar-refractivity contribution in [2.45, 2.75) is 57.4 Å². The van der Waals surface area contributed by atoms with Crippen LogP contribution in [0, 0.1) is 5.92 Å². The molecule has 122 valence electrons. The number of ether oxygens (including phenoxy) is 3. The molecule has 0 aromatic carbocycles. The normalized spacial score (nSPS) is 36.4. The molecule has 0 bridgehead atoms. The molecule has 0 aliphatic carbocycles. The fraction of sp³-hybridized carbons (Fsp3) is 0.846. The molecule has 7 nitrogen and oxygen atoms in total. The highest BCUT2D eigenvalue weighted by Gasteiger charge is 2.56. The van der Waals surface area contributed by atoms with Gasteiger partial charge in [0.1, 0.15) is 18.3 Å². The van der Waals surface area contributed by atoms with E-state index in [2.05, 4.69) is 11.1 Å². The van der Waals surface area contributed by atoms with Crippen molar-refractivity contribution in [3.8, 4) is 0 Å². The zero-order valence-electron chi connectivity index (χ0n) is 12.5. The van der Waals surface area contributed by atoms with Crippen LogP contribution in [0.25, 0.3) is 0 Å². The van der Waals surface area contributed by atoms with Crippen LogP contribution in [-0.2, 0) is 23.3 Å². The van der Waals surface area contributed by atoms with Crippen LogP contribution in [0.15, 0.2) is 12.7 Å². The zero-order valence-corrected chi connectivity index (χ0v) is 13.4. The van der Waals surface area contributed by atoms with Crippen molar-refractivity contribution in [1.82, 2.24) is 0 Å². The van der Waals surface area contributed by atoms with Crippen LogP contribution in [0.1, 0.15) is 27.2 Å². The van der Waals surface area contributed by atoms with Crippen molar-refractivity contribution in [2.75, 3.05) is 6.61 Å². The second-order valence-electron chi connectivity index (χ2n) is 5.80. The van der Waals surface area contributed by atoms with Crippen molar-refractivity contribution in [1.29, 1.82) is 0 Å². The molecule has 0 radical (unpaired) electrons. The number of phosphoric ester groups is 1. The van der Waals surface area contributed by atoms with Crippen molar-refractivity contribution in [3.63, 3.8) is 0 Å².